The number of hydrogen-bond donors (Lipinski definition) is 1. The molecule has 0 aliphatic carbocycles. The molecule has 0 unspecified atom stereocenters. The normalized spacial score (nSPS) is 11.5. The Hall–Kier alpha value is -4.31. The van der Waals surface area contributed by atoms with Gasteiger partial charge in [0.2, 0.25) is 0 Å². The van der Waals surface area contributed by atoms with Gasteiger partial charge < -0.3 is 4.74 Å². The van der Waals surface area contributed by atoms with Gasteiger partial charge in [0, 0.05) is 42.2 Å². The van der Waals surface area contributed by atoms with Crippen molar-refractivity contribution < 1.29 is 13.2 Å². The summed E-state index contributed by atoms with van der Waals surface area (Å²) in [6.45, 7) is 0. The van der Waals surface area contributed by atoms with Crippen LogP contribution in [0, 0.1) is 0 Å². The summed E-state index contributed by atoms with van der Waals surface area (Å²) in [4.78, 5) is 12.4. The second-order valence-corrected chi connectivity index (χ2v) is 9.24. The molecule has 0 spiro atoms. The minimum absolute atomic E-state index is 0.120. The third kappa shape index (κ3) is 4.06. The largest absolute Gasteiger partial charge is 0.496 e. The molecule has 0 aliphatic heterocycles. The van der Waals surface area contributed by atoms with Gasteiger partial charge >= 0.3 is 0 Å². The van der Waals surface area contributed by atoms with Crippen LogP contribution >= 0.6 is 0 Å². The molecule has 2 aromatic carbocycles. The lowest BCUT2D eigenvalue weighted by Crippen LogP contribution is -2.13. The van der Waals surface area contributed by atoms with E-state index in [9.17, 15) is 8.42 Å². The van der Waals surface area contributed by atoms with E-state index in [2.05, 4.69) is 24.8 Å². The molecule has 170 valence electrons. The lowest BCUT2D eigenvalue weighted by Gasteiger charge is -2.13. The Morgan fingerprint density at radius 1 is 0.971 bits per heavy atom. The highest BCUT2D eigenvalue weighted by Crippen LogP contribution is 2.37. The molecule has 0 fully saturated rings. The third-order valence-corrected chi connectivity index (χ3v) is 6.71. The van der Waals surface area contributed by atoms with Crippen molar-refractivity contribution in [3.63, 3.8) is 0 Å². The molecule has 5 rings (SSSR count). The number of nitrogens with one attached hydrogen (secondary N) is 1. The Kier molecular flexibility index (Phi) is 5.42. The quantitative estimate of drug-likeness (QED) is 0.399. The first-order valence-electron chi connectivity index (χ1n) is 10.3. The molecule has 0 saturated carbocycles. The number of benzene rings is 2. The van der Waals surface area contributed by atoms with Crippen LogP contribution in [0.4, 0.5) is 5.82 Å². The number of hydrogen-bond acceptors (Lipinski definition) is 7. The highest BCUT2D eigenvalue weighted by Gasteiger charge is 2.18. The number of pyridine rings is 1. The molecule has 34 heavy (non-hydrogen) atoms. The van der Waals surface area contributed by atoms with Crippen molar-refractivity contribution in [3.8, 4) is 28.1 Å². The maximum atomic E-state index is 12.9. The lowest BCUT2D eigenvalue weighted by molar-refractivity contribution is 0.416. The van der Waals surface area contributed by atoms with Gasteiger partial charge in [-0.05, 0) is 47.3 Å². The van der Waals surface area contributed by atoms with Crippen molar-refractivity contribution in [2.24, 2.45) is 7.05 Å². The fraction of sp³-hybridized carbons (Fsp3) is 0.0833. The summed E-state index contributed by atoms with van der Waals surface area (Å²) in [5.41, 5.74) is 3.44. The molecule has 1 N–H and O–H groups in total. The van der Waals surface area contributed by atoms with Crippen LogP contribution in [0.25, 0.3) is 33.2 Å². The Labute approximate surface area is 196 Å². The van der Waals surface area contributed by atoms with Gasteiger partial charge in [-0.1, -0.05) is 12.1 Å². The lowest BCUT2D eigenvalue weighted by atomic mass is 10.00. The van der Waals surface area contributed by atoms with Crippen LogP contribution in [-0.2, 0) is 17.1 Å². The van der Waals surface area contributed by atoms with Crippen LogP contribution in [0.2, 0.25) is 0 Å². The number of anilines is 1. The van der Waals surface area contributed by atoms with Crippen molar-refractivity contribution >= 4 is 26.6 Å². The van der Waals surface area contributed by atoms with Gasteiger partial charge in [0.05, 0.1) is 23.9 Å². The number of ether oxygens (including phenoxy) is 1. The highest BCUT2D eigenvalue weighted by atomic mass is 32.2. The van der Waals surface area contributed by atoms with Gasteiger partial charge in [0.1, 0.15) is 17.9 Å². The molecule has 9 nitrogen and oxygen atoms in total. The molecule has 0 aliphatic rings. The molecule has 5 aromatic rings. The van der Waals surface area contributed by atoms with Crippen LogP contribution < -0.4 is 9.46 Å². The SMILES string of the molecule is COc1cc(-c2cnn(C)c2)ccc1-c1nccc2cc(S(=O)(=O)Nc3ccncn3)ccc12. The topological polar surface area (TPSA) is 112 Å². The van der Waals surface area contributed by atoms with Crippen LogP contribution in [0.1, 0.15) is 0 Å². The number of aryl methyl sites for hydroxylation is 1. The van der Waals surface area contributed by atoms with Crippen LogP contribution in [-0.4, -0.2) is 40.3 Å². The zero-order chi connectivity index (χ0) is 23.7. The summed E-state index contributed by atoms with van der Waals surface area (Å²) in [5.74, 6) is 0.854. The summed E-state index contributed by atoms with van der Waals surface area (Å²) in [6.07, 6.45) is 8.13. The fourth-order valence-electron chi connectivity index (χ4n) is 3.72. The minimum Gasteiger partial charge on any atom is -0.496 e. The first-order chi connectivity index (χ1) is 16.4. The van der Waals surface area contributed by atoms with E-state index in [1.54, 1.807) is 48.5 Å². The van der Waals surface area contributed by atoms with Crippen LogP contribution in [0.3, 0.4) is 0 Å². The number of fused-ring (bicyclic) bond motifs is 1. The van der Waals surface area contributed by atoms with E-state index in [-0.39, 0.29) is 10.7 Å². The van der Waals surface area contributed by atoms with Gasteiger partial charge in [0.15, 0.2) is 0 Å². The summed E-state index contributed by atoms with van der Waals surface area (Å²) < 4.78 is 35.6. The Morgan fingerprint density at radius 3 is 2.59 bits per heavy atom. The van der Waals surface area contributed by atoms with Crippen LogP contribution in [0.15, 0.2) is 84.5 Å². The first-order valence-corrected chi connectivity index (χ1v) is 11.8. The summed E-state index contributed by atoms with van der Waals surface area (Å²) in [7, 11) is -0.343. The molecule has 10 heteroatoms. The third-order valence-electron chi connectivity index (χ3n) is 5.36. The molecule has 0 bridgehead atoms. The number of sulfonamides is 1. The molecule has 3 heterocycles. The predicted molar refractivity (Wildman–Crippen MR) is 129 cm³/mol. The molecule has 0 atom stereocenters. The van der Waals surface area contributed by atoms with Crippen molar-refractivity contribution in [2.45, 2.75) is 4.90 Å². The minimum atomic E-state index is -3.82. The summed E-state index contributed by atoms with van der Waals surface area (Å²) in [5, 5.41) is 5.76. The van der Waals surface area contributed by atoms with Crippen molar-refractivity contribution in [1.82, 2.24) is 24.7 Å². The number of rotatable bonds is 6. The predicted octanol–water partition coefficient (Wildman–Crippen LogP) is 3.90. The highest BCUT2D eigenvalue weighted by molar-refractivity contribution is 7.92. The smallest absolute Gasteiger partial charge is 0.263 e. The number of nitrogens with zero attached hydrogens (tertiary/aromatic N) is 5. The molecule has 0 amide bonds. The molecule has 0 radical (unpaired) electrons. The average Bonchev–Trinajstić information content (AvgIpc) is 3.29. The van der Waals surface area contributed by atoms with E-state index in [4.69, 9.17) is 4.74 Å². The maximum absolute atomic E-state index is 12.9. The Balaban J connectivity index is 1.55. The van der Waals surface area contributed by atoms with Crippen molar-refractivity contribution in [3.05, 3.63) is 79.6 Å². The van der Waals surface area contributed by atoms with E-state index in [0.29, 0.717) is 11.4 Å². The monoisotopic (exact) mass is 472 g/mol. The van der Waals surface area contributed by atoms with Gasteiger partial charge in [-0.3, -0.25) is 14.4 Å². The summed E-state index contributed by atoms with van der Waals surface area (Å²) >= 11 is 0. The second kappa shape index (κ2) is 8.56. The van der Waals surface area contributed by atoms with E-state index < -0.39 is 10.0 Å². The van der Waals surface area contributed by atoms with E-state index in [0.717, 1.165) is 27.5 Å². The average molecular weight is 473 g/mol. The van der Waals surface area contributed by atoms with E-state index >= 15 is 0 Å². The zero-order valence-electron chi connectivity index (χ0n) is 18.4. The standard InChI is InChI=1S/C24H20N6O3S/c1-30-14-18(13-28-30)16-3-5-21(22(12-16)33-2)24-20-6-4-19(11-17(20)7-10-26-24)34(31,32)29-23-8-9-25-15-27-23/h3-15H,1-2H3,(H,25,27,29). The molecule has 0 saturated heterocycles. The van der Waals surface area contributed by atoms with Gasteiger partial charge in [-0.25, -0.2) is 18.4 Å². The van der Waals surface area contributed by atoms with Crippen molar-refractivity contribution in [2.75, 3.05) is 11.8 Å². The Morgan fingerprint density at radius 2 is 1.85 bits per heavy atom. The van der Waals surface area contributed by atoms with Gasteiger partial charge in [-0.2, -0.15) is 5.10 Å². The van der Waals surface area contributed by atoms with Gasteiger partial charge in [0.25, 0.3) is 10.0 Å². The van der Waals surface area contributed by atoms with Crippen LogP contribution in [0.5, 0.6) is 5.75 Å². The summed E-state index contributed by atoms with van der Waals surface area (Å²) in [6, 6.07) is 14.1. The number of methoxy groups -OCH3 is 1. The molecular formula is C24H20N6O3S. The Bertz CT molecular complexity index is 1600. The number of aromatic nitrogens is 5. The fourth-order valence-corrected chi connectivity index (χ4v) is 4.77. The first kappa shape index (κ1) is 21.5. The van der Waals surface area contributed by atoms with Crippen molar-refractivity contribution in [1.29, 1.82) is 0 Å². The zero-order valence-corrected chi connectivity index (χ0v) is 19.2. The molecule has 3 aromatic heterocycles. The maximum Gasteiger partial charge on any atom is 0.263 e. The van der Waals surface area contributed by atoms with E-state index in [1.165, 1.54) is 18.6 Å². The van der Waals surface area contributed by atoms with Gasteiger partial charge in [-0.15, -0.1) is 0 Å². The van der Waals surface area contributed by atoms with E-state index in [1.807, 2.05) is 31.4 Å². The second-order valence-electron chi connectivity index (χ2n) is 7.56. The molecular weight excluding hydrogens is 452 g/mol.